The van der Waals surface area contributed by atoms with E-state index in [1.54, 1.807) is 7.05 Å². The summed E-state index contributed by atoms with van der Waals surface area (Å²) in [5.41, 5.74) is 3.34. The first-order valence-electron chi connectivity index (χ1n) is 8.28. The van der Waals surface area contributed by atoms with Crippen molar-refractivity contribution in [2.75, 3.05) is 20.1 Å². The van der Waals surface area contributed by atoms with Crippen LogP contribution in [0.25, 0.3) is 0 Å². The van der Waals surface area contributed by atoms with Gasteiger partial charge < -0.3 is 10.6 Å². The topological polar surface area (TPSA) is 54.2 Å². The van der Waals surface area contributed by atoms with Crippen molar-refractivity contribution in [3.63, 3.8) is 0 Å². The number of rotatable bonds is 7. The summed E-state index contributed by atoms with van der Waals surface area (Å²) in [5.74, 6) is 0.581. The molecule has 0 saturated carbocycles. The molecule has 1 heterocycles. The zero-order valence-corrected chi connectivity index (χ0v) is 14.6. The van der Waals surface area contributed by atoms with Gasteiger partial charge >= 0.3 is 0 Å². The maximum Gasteiger partial charge on any atom is 0.190 e. The van der Waals surface area contributed by atoms with E-state index in [1.807, 2.05) is 23.7 Å². The van der Waals surface area contributed by atoms with Crippen molar-refractivity contribution in [2.24, 2.45) is 4.99 Å². The number of benzene rings is 1. The molecule has 0 aliphatic heterocycles. The summed E-state index contributed by atoms with van der Waals surface area (Å²) in [6.45, 7) is 6.55. The summed E-state index contributed by atoms with van der Waals surface area (Å²) in [7, 11) is 1.76. The van der Waals surface area contributed by atoms with Crippen LogP contribution in [-0.4, -0.2) is 35.9 Å². The molecular formula is C18H26FN5. The van der Waals surface area contributed by atoms with Crippen LogP contribution in [0.1, 0.15) is 23.4 Å². The SMILES string of the molecule is CN=C(NCCCn1nc(C)cc1C)NCCc1ccc(F)cc1. The second kappa shape index (κ2) is 9.05. The lowest BCUT2D eigenvalue weighted by Gasteiger charge is -2.12. The maximum atomic E-state index is 12.9. The molecule has 0 aliphatic carbocycles. The average Bonchev–Trinajstić information content (AvgIpc) is 2.89. The summed E-state index contributed by atoms with van der Waals surface area (Å²) in [5, 5.41) is 11.0. The van der Waals surface area contributed by atoms with Crippen LogP contribution in [0.5, 0.6) is 0 Å². The number of halogens is 1. The molecular weight excluding hydrogens is 305 g/mol. The van der Waals surface area contributed by atoms with Crippen molar-refractivity contribution in [2.45, 2.75) is 33.2 Å². The van der Waals surface area contributed by atoms with Gasteiger partial charge in [-0.15, -0.1) is 0 Å². The van der Waals surface area contributed by atoms with E-state index >= 15 is 0 Å². The smallest absolute Gasteiger partial charge is 0.190 e. The van der Waals surface area contributed by atoms with Crippen molar-refractivity contribution < 1.29 is 4.39 Å². The monoisotopic (exact) mass is 331 g/mol. The number of guanidine groups is 1. The third kappa shape index (κ3) is 5.68. The Morgan fingerprint density at radius 3 is 2.50 bits per heavy atom. The van der Waals surface area contributed by atoms with Gasteiger partial charge in [-0.05, 0) is 50.5 Å². The Morgan fingerprint density at radius 1 is 1.17 bits per heavy atom. The normalized spacial score (nSPS) is 11.6. The highest BCUT2D eigenvalue weighted by atomic mass is 19.1. The third-order valence-electron chi connectivity index (χ3n) is 3.79. The zero-order valence-electron chi connectivity index (χ0n) is 14.6. The molecule has 2 aromatic rings. The largest absolute Gasteiger partial charge is 0.356 e. The van der Waals surface area contributed by atoms with E-state index in [0.717, 1.165) is 49.7 Å². The van der Waals surface area contributed by atoms with Gasteiger partial charge in [0.25, 0.3) is 0 Å². The van der Waals surface area contributed by atoms with Gasteiger partial charge in [0.2, 0.25) is 0 Å². The molecule has 0 unspecified atom stereocenters. The molecule has 130 valence electrons. The molecule has 2 N–H and O–H groups in total. The molecule has 5 nitrogen and oxygen atoms in total. The molecule has 0 saturated heterocycles. The summed E-state index contributed by atoms with van der Waals surface area (Å²) < 4.78 is 14.9. The molecule has 6 heteroatoms. The van der Waals surface area contributed by atoms with Gasteiger partial charge in [0, 0.05) is 32.4 Å². The number of nitrogens with zero attached hydrogens (tertiary/aromatic N) is 3. The van der Waals surface area contributed by atoms with Crippen molar-refractivity contribution in [3.05, 3.63) is 53.1 Å². The van der Waals surface area contributed by atoms with Crippen LogP contribution in [0.3, 0.4) is 0 Å². The average molecular weight is 331 g/mol. The Morgan fingerprint density at radius 2 is 1.88 bits per heavy atom. The molecule has 0 atom stereocenters. The van der Waals surface area contributed by atoms with E-state index < -0.39 is 0 Å². The molecule has 0 radical (unpaired) electrons. The highest BCUT2D eigenvalue weighted by Gasteiger charge is 2.01. The Bertz CT molecular complexity index is 661. The minimum atomic E-state index is -0.202. The fraction of sp³-hybridized carbons (Fsp3) is 0.444. The zero-order chi connectivity index (χ0) is 17.4. The van der Waals surface area contributed by atoms with Crippen LogP contribution < -0.4 is 10.6 Å². The molecule has 24 heavy (non-hydrogen) atoms. The Labute approximate surface area is 143 Å². The number of aryl methyl sites for hydroxylation is 3. The van der Waals surface area contributed by atoms with Crippen LogP contribution in [0.4, 0.5) is 4.39 Å². The van der Waals surface area contributed by atoms with Gasteiger partial charge in [-0.2, -0.15) is 5.10 Å². The Hall–Kier alpha value is -2.37. The van der Waals surface area contributed by atoms with Crippen LogP contribution in [-0.2, 0) is 13.0 Å². The quantitative estimate of drug-likeness (QED) is 0.465. The van der Waals surface area contributed by atoms with Gasteiger partial charge in [-0.3, -0.25) is 9.67 Å². The number of aliphatic imine (C=N–C) groups is 1. The van der Waals surface area contributed by atoms with E-state index in [1.165, 1.54) is 17.8 Å². The van der Waals surface area contributed by atoms with Gasteiger partial charge in [-0.1, -0.05) is 12.1 Å². The predicted octanol–water partition coefficient (Wildman–Crippen LogP) is 2.44. The first-order chi connectivity index (χ1) is 11.6. The lowest BCUT2D eigenvalue weighted by molar-refractivity contribution is 0.555. The summed E-state index contributed by atoms with van der Waals surface area (Å²) in [6, 6.07) is 8.68. The highest BCUT2D eigenvalue weighted by Crippen LogP contribution is 2.03. The van der Waals surface area contributed by atoms with Crippen molar-refractivity contribution >= 4 is 5.96 Å². The number of nitrogens with one attached hydrogen (secondary N) is 2. The molecule has 0 aliphatic rings. The van der Waals surface area contributed by atoms with Crippen LogP contribution in [0.2, 0.25) is 0 Å². The Balaban J connectivity index is 1.65. The van der Waals surface area contributed by atoms with Crippen LogP contribution in [0.15, 0.2) is 35.3 Å². The lowest BCUT2D eigenvalue weighted by atomic mass is 10.1. The third-order valence-corrected chi connectivity index (χ3v) is 3.79. The van der Waals surface area contributed by atoms with Crippen molar-refractivity contribution in [3.8, 4) is 0 Å². The molecule has 0 bridgehead atoms. The van der Waals surface area contributed by atoms with E-state index in [9.17, 15) is 4.39 Å². The van der Waals surface area contributed by atoms with Gasteiger partial charge in [-0.25, -0.2) is 4.39 Å². The van der Waals surface area contributed by atoms with Crippen molar-refractivity contribution in [1.29, 1.82) is 0 Å². The standard InChI is InChI=1S/C18H26FN5/c1-14-13-15(2)24(23-14)12-4-10-21-18(20-3)22-11-9-16-5-7-17(19)8-6-16/h5-8,13H,4,9-12H2,1-3H3,(H2,20,21,22). The van der Waals surface area contributed by atoms with Gasteiger partial charge in [0.1, 0.15) is 5.82 Å². The lowest BCUT2D eigenvalue weighted by Crippen LogP contribution is -2.39. The fourth-order valence-electron chi connectivity index (χ4n) is 2.53. The Kier molecular flexibility index (Phi) is 6.78. The highest BCUT2D eigenvalue weighted by molar-refractivity contribution is 5.79. The van der Waals surface area contributed by atoms with Crippen LogP contribution >= 0.6 is 0 Å². The minimum absolute atomic E-state index is 0.202. The maximum absolute atomic E-state index is 12.9. The first kappa shape index (κ1) is 18.0. The molecule has 0 spiro atoms. The van der Waals surface area contributed by atoms with Gasteiger partial charge in [0.15, 0.2) is 5.96 Å². The van der Waals surface area contributed by atoms with E-state index in [4.69, 9.17) is 0 Å². The number of hydrogen-bond acceptors (Lipinski definition) is 2. The van der Waals surface area contributed by atoms with Crippen LogP contribution in [0, 0.1) is 19.7 Å². The number of hydrogen-bond donors (Lipinski definition) is 2. The summed E-state index contributed by atoms with van der Waals surface area (Å²) in [6.07, 6.45) is 1.80. The minimum Gasteiger partial charge on any atom is -0.356 e. The summed E-state index contributed by atoms with van der Waals surface area (Å²) >= 11 is 0. The molecule has 0 fully saturated rings. The molecule has 1 aromatic carbocycles. The number of aromatic nitrogens is 2. The van der Waals surface area contributed by atoms with E-state index in [-0.39, 0.29) is 5.82 Å². The predicted molar refractivity (Wildman–Crippen MR) is 95.8 cm³/mol. The molecule has 1 aromatic heterocycles. The molecule has 0 amide bonds. The first-order valence-corrected chi connectivity index (χ1v) is 8.28. The van der Waals surface area contributed by atoms with Gasteiger partial charge in [0.05, 0.1) is 5.69 Å². The second-order valence-corrected chi connectivity index (χ2v) is 5.81. The second-order valence-electron chi connectivity index (χ2n) is 5.81. The summed E-state index contributed by atoms with van der Waals surface area (Å²) in [4.78, 5) is 4.21. The fourth-order valence-corrected chi connectivity index (χ4v) is 2.53. The van der Waals surface area contributed by atoms with E-state index in [2.05, 4.69) is 33.7 Å². The van der Waals surface area contributed by atoms with Crippen molar-refractivity contribution in [1.82, 2.24) is 20.4 Å². The van der Waals surface area contributed by atoms with E-state index in [0.29, 0.717) is 0 Å². The molecule has 2 rings (SSSR count).